The van der Waals surface area contributed by atoms with Gasteiger partial charge in [-0.15, -0.1) is 22.7 Å². The van der Waals surface area contributed by atoms with Crippen molar-refractivity contribution in [2.45, 2.75) is 6.10 Å². The fraction of sp³-hybridized carbons (Fsp3) is 0.125. The molecule has 1 N–H and O–H groups in total. The number of thiazole rings is 1. The average molecular weight is 311 g/mol. The van der Waals surface area contributed by atoms with Gasteiger partial charge in [0, 0.05) is 4.88 Å². The van der Waals surface area contributed by atoms with Crippen LogP contribution in [0.5, 0.6) is 0 Å². The van der Waals surface area contributed by atoms with E-state index in [9.17, 15) is 5.11 Å². The molecule has 0 saturated heterocycles. The molecule has 0 amide bonds. The molecule has 1 atom stereocenters. The van der Waals surface area contributed by atoms with Crippen LogP contribution in [0.25, 0.3) is 0 Å². The Morgan fingerprint density at radius 1 is 1.50 bits per heavy atom. The largest absolute Gasteiger partial charge is 0.382 e. The SMILES string of the molecule is OC(c1ccc(Cl)s1)c1scnc1Br. The zero-order chi connectivity index (χ0) is 10.1. The highest BCUT2D eigenvalue weighted by Crippen LogP contribution is 2.35. The van der Waals surface area contributed by atoms with Crippen LogP contribution in [0.1, 0.15) is 15.9 Å². The van der Waals surface area contributed by atoms with Gasteiger partial charge in [-0.3, -0.25) is 0 Å². The number of rotatable bonds is 2. The smallest absolute Gasteiger partial charge is 0.125 e. The quantitative estimate of drug-likeness (QED) is 0.917. The Morgan fingerprint density at radius 3 is 2.79 bits per heavy atom. The van der Waals surface area contributed by atoms with Crippen molar-refractivity contribution in [1.29, 1.82) is 0 Å². The Kier molecular flexibility index (Phi) is 3.23. The van der Waals surface area contributed by atoms with Gasteiger partial charge in [-0.2, -0.15) is 0 Å². The Balaban J connectivity index is 2.33. The first kappa shape index (κ1) is 10.6. The molecule has 0 aliphatic heterocycles. The number of aromatic nitrogens is 1. The van der Waals surface area contributed by atoms with Crippen molar-refractivity contribution in [2.24, 2.45) is 0 Å². The van der Waals surface area contributed by atoms with Crippen molar-refractivity contribution in [1.82, 2.24) is 4.98 Å². The first-order valence-corrected chi connectivity index (χ1v) is 6.57. The Morgan fingerprint density at radius 2 is 2.29 bits per heavy atom. The maximum Gasteiger partial charge on any atom is 0.125 e. The summed E-state index contributed by atoms with van der Waals surface area (Å²) >= 11 is 11.9. The molecule has 0 spiro atoms. The molecule has 0 saturated carbocycles. The molecule has 2 nitrogen and oxygen atoms in total. The summed E-state index contributed by atoms with van der Waals surface area (Å²) in [6, 6.07) is 3.60. The number of hydrogen-bond donors (Lipinski definition) is 1. The molecule has 0 aliphatic rings. The lowest BCUT2D eigenvalue weighted by molar-refractivity contribution is 0.227. The summed E-state index contributed by atoms with van der Waals surface area (Å²) in [7, 11) is 0. The fourth-order valence-corrected chi connectivity index (χ4v) is 3.57. The molecule has 0 fully saturated rings. The van der Waals surface area contributed by atoms with Gasteiger partial charge in [-0.25, -0.2) is 4.98 Å². The first-order chi connectivity index (χ1) is 6.68. The molecule has 6 heteroatoms. The molecule has 14 heavy (non-hydrogen) atoms. The van der Waals surface area contributed by atoms with Crippen LogP contribution in [-0.4, -0.2) is 10.1 Å². The summed E-state index contributed by atoms with van der Waals surface area (Å²) in [6.45, 7) is 0. The van der Waals surface area contributed by atoms with Crippen LogP contribution in [0, 0.1) is 0 Å². The number of aliphatic hydroxyl groups excluding tert-OH is 1. The minimum Gasteiger partial charge on any atom is -0.382 e. The third kappa shape index (κ3) is 2.01. The average Bonchev–Trinajstić information content (AvgIpc) is 2.73. The van der Waals surface area contributed by atoms with Crippen LogP contribution in [0.3, 0.4) is 0 Å². The van der Waals surface area contributed by atoms with Gasteiger partial charge in [0.05, 0.1) is 14.7 Å². The predicted molar refractivity (Wildman–Crippen MR) is 63.2 cm³/mol. The molecule has 0 bridgehead atoms. The van der Waals surface area contributed by atoms with Crippen LogP contribution in [0.2, 0.25) is 4.34 Å². The minimum atomic E-state index is -0.630. The first-order valence-electron chi connectivity index (χ1n) is 3.70. The van der Waals surface area contributed by atoms with Crippen LogP contribution in [0.15, 0.2) is 22.2 Å². The van der Waals surface area contributed by atoms with Gasteiger partial charge < -0.3 is 5.11 Å². The summed E-state index contributed by atoms with van der Waals surface area (Å²) in [5, 5.41) is 9.97. The van der Waals surface area contributed by atoms with Gasteiger partial charge in [-0.05, 0) is 28.1 Å². The van der Waals surface area contributed by atoms with Crippen molar-refractivity contribution in [2.75, 3.05) is 0 Å². The van der Waals surface area contributed by atoms with Gasteiger partial charge in [0.15, 0.2) is 0 Å². The highest BCUT2D eigenvalue weighted by molar-refractivity contribution is 9.10. The molecule has 1 unspecified atom stereocenters. The zero-order valence-electron chi connectivity index (χ0n) is 6.78. The molecule has 0 aromatic carbocycles. The number of nitrogens with zero attached hydrogens (tertiary/aromatic N) is 1. The summed E-state index contributed by atoms with van der Waals surface area (Å²) in [5.74, 6) is 0. The van der Waals surface area contributed by atoms with Gasteiger partial charge >= 0.3 is 0 Å². The predicted octanol–water partition coefficient (Wildman–Crippen LogP) is 3.70. The lowest BCUT2D eigenvalue weighted by atomic mass is 10.3. The van der Waals surface area contributed by atoms with Crippen LogP contribution in [-0.2, 0) is 0 Å². The number of aliphatic hydroxyl groups is 1. The van der Waals surface area contributed by atoms with E-state index in [1.807, 2.05) is 6.07 Å². The number of halogens is 2. The van der Waals surface area contributed by atoms with E-state index in [2.05, 4.69) is 20.9 Å². The second-order valence-corrected chi connectivity index (χ2v) is 5.94. The second-order valence-electron chi connectivity index (χ2n) is 2.55. The minimum absolute atomic E-state index is 0.630. The van der Waals surface area contributed by atoms with Gasteiger partial charge in [-0.1, -0.05) is 11.6 Å². The lowest BCUT2D eigenvalue weighted by Gasteiger charge is -2.04. The molecular weight excluding hydrogens is 306 g/mol. The maximum atomic E-state index is 9.97. The molecule has 74 valence electrons. The lowest BCUT2D eigenvalue weighted by Crippen LogP contribution is -1.94. The van der Waals surface area contributed by atoms with Crippen molar-refractivity contribution in [3.63, 3.8) is 0 Å². The third-order valence-corrected chi connectivity index (χ3v) is 4.72. The van der Waals surface area contributed by atoms with E-state index in [4.69, 9.17) is 11.6 Å². The fourth-order valence-electron chi connectivity index (χ4n) is 1.02. The molecule has 0 aliphatic carbocycles. The molecule has 2 aromatic rings. The van der Waals surface area contributed by atoms with Gasteiger partial charge in [0.25, 0.3) is 0 Å². The topological polar surface area (TPSA) is 33.1 Å². The van der Waals surface area contributed by atoms with E-state index >= 15 is 0 Å². The van der Waals surface area contributed by atoms with Crippen molar-refractivity contribution < 1.29 is 5.11 Å². The van der Waals surface area contributed by atoms with E-state index < -0.39 is 6.10 Å². The van der Waals surface area contributed by atoms with Crippen LogP contribution < -0.4 is 0 Å². The number of thiophene rings is 1. The van der Waals surface area contributed by atoms with Gasteiger partial charge in [0.2, 0.25) is 0 Å². The Labute approximate surface area is 102 Å². The Hall–Kier alpha value is 0.0600. The van der Waals surface area contributed by atoms with Crippen molar-refractivity contribution in [3.05, 3.63) is 36.3 Å². The summed E-state index contributed by atoms with van der Waals surface area (Å²) in [4.78, 5) is 5.66. The monoisotopic (exact) mass is 309 g/mol. The summed E-state index contributed by atoms with van der Waals surface area (Å²) in [6.07, 6.45) is -0.630. The molecule has 2 heterocycles. The van der Waals surface area contributed by atoms with E-state index in [-0.39, 0.29) is 0 Å². The molecule has 2 rings (SSSR count). The van der Waals surface area contributed by atoms with Crippen LogP contribution >= 0.6 is 50.2 Å². The highest BCUT2D eigenvalue weighted by Gasteiger charge is 2.17. The normalized spacial score (nSPS) is 13.1. The summed E-state index contributed by atoms with van der Waals surface area (Å²) < 4.78 is 1.37. The molecule has 0 radical (unpaired) electrons. The van der Waals surface area contributed by atoms with E-state index in [0.717, 1.165) is 9.75 Å². The van der Waals surface area contributed by atoms with Crippen LogP contribution in [0.4, 0.5) is 0 Å². The number of hydrogen-bond acceptors (Lipinski definition) is 4. The molecular formula is C8H5BrClNOS2. The van der Waals surface area contributed by atoms with E-state index in [1.54, 1.807) is 11.6 Å². The van der Waals surface area contributed by atoms with Crippen molar-refractivity contribution >= 4 is 50.2 Å². The summed E-state index contributed by atoms with van der Waals surface area (Å²) in [5.41, 5.74) is 1.69. The third-order valence-electron chi connectivity index (χ3n) is 1.66. The van der Waals surface area contributed by atoms with Gasteiger partial charge in [0.1, 0.15) is 10.7 Å². The maximum absolute atomic E-state index is 9.97. The zero-order valence-corrected chi connectivity index (χ0v) is 10.8. The molecule has 2 aromatic heterocycles. The van der Waals surface area contributed by atoms with E-state index in [1.165, 1.54) is 22.7 Å². The Bertz CT molecular complexity index is 442. The second kappa shape index (κ2) is 4.28. The highest BCUT2D eigenvalue weighted by atomic mass is 79.9. The standard InChI is InChI=1S/C8H5BrClNOS2/c9-8-7(13-3-11-8)6(12)4-1-2-5(10)14-4/h1-3,6,12H. The van der Waals surface area contributed by atoms with E-state index in [0.29, 0.717) is 8.94 Å². The van der Waals surface area contributed by atoms with Crippen molar-refractivity contribution in [3.8, 4) is 0 Å².